The van der Waals surface area contributed by atoms with Crippen molar-refractivity contribution in [2.45, 2.75) is 44.9 Å². The van der Waals surface area contributed by atoms with Crippen LogP contribution in [0.25, 0.3) is 0 Å². The second-order valence-electron chi connectivity index (χ2n) is 7.38. The Kier molecular flexibility index (Phi) is 4.76. The summed E-state index contributed by atoms with van der Waals surface area (Å²) in [5.41, 5.74) is 3.77. The van der Waals surface area contributed by atoms with E-state index in [0.717, 1.165) is 49.3 Å². The fourth-order valence-electron chi connectivity index (χ4n) is 3.91. The zero-order valence-corrected chi connectivity index (χ0v) is 15.2. The number of likely N-dealkylation sites (N-methyl/N-ethyl adjacent to an activating group) is 1. The quantitative estimate of drug-likeness (QED) is 0.784. The van der Waals surface area contributed by atoms with Crippen molar-refractivity contribution in [3.05, 3.63) is 41.6 Å². The Morgan fingerprint density at radius 3 is 2.80 bits per heavy atom. The molecule has 0 radical (unpaired) electrons. The van der Waals surface area contributed by atoms with Gasteiger partial charge in [0.05, 0.1) is 6.07 Å². The minimum absolute atomic E-state index is 0.147. The van der Waals surface area contributed by atoms with Crippen LogP contribution in [0.5, 0.6) is 0 Å². The highest BCUT2D eigenvalue weighted by atomic mass is 16.1. The molecule has 1 aromatic rings. The number of ketones is 1. The lowest BCUT2D eigenvalue weighted by molar-refractivity contribution is -0.115. The monoisotopic (exact) mass is 335 g/mol. The number of benzene rings is 1. The third-order valence-corrected chi connectivity index (χ3v) is 5.37. The molecule has 0 unspecified atom stereocenters. The van der Waals surface area contributed by atoms with Gasteiger partial charge in [-0.05, 0) is 30.9 Å². The van der Waals surface area contributed by atoms with Gasteiger partial charge < -0.3 is 4.90 Å². The number of rotatable bonds is 3. The van der Waals surface area contributed by atoms with Gasteiger partial charge in [-0.25, -0.2) is 0 Å². The van der Waals surface area contributed by atoms with Gasteiger partial charge in [-0.2, -0.15) is 5.26 Å². The van der Waals surface area contributed by atoms with Crippen LogP contribution in [0.3, 0.4) is 0 Å². The third kappa shape index (κ3) is 3.11. The van der Waals surface area contributed by atoms with Gasteiger partial charge in [0.15, 0.2) is 5.78 Å². The van der Waals surface area contributed by atoms with E-state index in [-0.39, 0.29) is 11.2 Å². The molecule has 2 aliphatic heterocycles. The van der Waals surface area contributed by atoms with Gasteiger partial charge in [-0.15, -0.1) is 0 Å². The number of fused-ring (bicyclic) bond motifs is 1. The summed E-state index contributed by atoms with van der Waals surface area (Å²) in [7, 11) is 1.98. The van der Waals surface area contributed by atoms with Gasteiger partial charge in [0.2, 0.25) is 0 Å². The summed E-state index contributed by atoms with van der Waals surface area (Å²) in [6, 6.07) is 10.4. The summed E-state index contributed by atoms with van der Waals surface area (Å²) >= 11 is 0. The number of carbonyl (C=O) groups is 1. The number of para-hydroxylation sites is 1. The van der Waals surface area contributed by atoms with Gasteiger partial charge >= 0.3 is 0 Å². The lowest BCUT2D eigenvalue weighted by atomic mass is 9.82. The number of hydrogen-bond donors (Lipinski definition) is 0. The maximum Gasteiger partial charge on any atom is 0.180 e. The lowest BCUT2D eigenvalue weighted by Crippen LogP contribution is -2.27. The number of nitrogens with zero attached hydrogens (tertiary/aromatic N) is 3. The highest BCUT2D eigenvalue weighted by Gasteiger charge is 2.39. The van der Waals surface area contributed by atoms with E-state index in [0.29, 0.717) is 0 Å². The summed E-state index contributed by atoms with van der Waals surface area (Å²) in [6.07, 6.45) is 5.60. The maximum absolute atomic E-state index is 12.9. The maximum atomic E-state index is 12.9. The number of carbonyl (C=O) groups excluding carboxylic acids is 1. The van der Waals surface area contributed by atoms with Crippen LogP contribution in [-0.4, -0.2) is 25.1 Å². The van der Waals surface area contributed by atoms with Crippen LogP contribution in [0.2, 0.25) is 0 Å². The van der Waals surface area contributed by atoms with E-state index in [1.165, 1.54) is 5.56 Å². The van der Waals surface area contributed by atoms with Crippen LogP contribution in [0.15, 0.2) is 41.0 Å². The first-order chi connectivity index (χ1) is 12.0. The summed E-state index contributed by atoms with van der Waals surface area (Å²) in [5.74, 6) is -0.899. The Hall–Kier alpha value is -2.41. The van der Waals surface area contributed by atoms with Crippen LogP contribution < -0.4 is 4.90 Å². The highest BCUT2D eigenvalue weighted by Crippen LogP contribution is 2.46. The molecule has 0 amide bonds. The molecule has 130 valence electrons. The van der Waals surface area contributed by atoms with E-state index in [1.54, 1.807) is 6.08 Å². The Labute approximate surface area is 149 Å². The first-order valence-corrected chi connectivity index (χ1v) is 8.99. The lowest BCUT2D eigenvalue weighted by Gasteiger charge is -2.24. The topological polar surface area (TPSA) is 56.5 Å². The molecule has 3 rings (SSSR count). The Balaban J connectivity index is 1.93. The molecule has 0 N–H and O–H groups in total. The van der Waals surface area contributed by atoms with E-state index in [9.17, 15) is 10.1 Å². The molecule has 2 aliphatic rings. The first-order valence-electron chi connectivity index (χ1n) is 8.99. The third-order valence-electron chi connectivity index (χ3n) is 5.37. The summed E-state index contributed by atoms with van der Waals surface area (Å²) in [5, 5.41) is 9.59. The fourth-order valence-corrected chi connectivity index (χ4v) is 3.91. The second-order valence-corrected chi connectivity index (χ2v) is 7.38. The van der Waals surface area contributed by atoms with Crippen LogP contribution >= 0.6 is 0 Å². The van der Waals surface area contributed by atoms with Crippen molar-refractivity contribution in [1.82, 2.24) is 0 Å². The summed E-state index contributed by atoms with van der Waals surface area (Å²) in [6.45, 7) is 4.98. The Morgan fingerprint density at radius 1 is 1.32 bits per heavy atom. The van der Waals surface area contributed by atoms with Gasteiger partial charge in [0.1, 0.15) is 5.92 Å². The van der Waals surface area contributed by atoms with E-state index in [4.69, 9.17) is 0 Å². The van der Waals surface area contributed by atoms with E-state index >= 15 is 0 Å². The largest absolute Gasteiger partial charge is 0.347 e. The zero-order chi connectivity index (χ0) is 18.0. The standard InChI is InChI=1S/C21H25N3O/c1-21(2)16-9-6-7-11-18(16)24(3)20(21)13-19(25)15(14-22)17-10-5-4-8-12-23-17/h6-7,9,11,13,15H,4-5,8,10,12H2,1-3H3/b20-13-/t15-/m0/s1. The van der Waals surface area contributed by atoms with Crippen molar-refractivity contribution in [2.75, 3.05) is 18.5 Å². The van der Waals surface area contributed by atoms with Gasteiger partial charge in [0.25, 0.3) is 0 Å². The number of hydrogen-bond acceptors (Lipinski definition) is 4. The van der Waals surface area contributed by atoms with Crippen molar-refractivity contribution < 1.29 is 4.79 Å². The predicted octanol–water partition coefficient (Wildman–Crippen LogP) is 4.02. The highest BCUT2D eigenvalue weighted by molar-refractivity contribution is 6.12. The van der Waals surface area contributed by atoms with E-state index in [2.05, 4.69) is 41.9 Å². The Morgan fingerprint density at radius 2 is 2.08 bits per heavy atom. The van der Waals surface area contributed by atoms with Gasteiger partial charge in [0, 0.05) is 42.2 Å². The SMILES string of the molecule is CN1/C(=C\C(=O)[C@@H](C#N)C2=NCCCCC2)C(C)(C)c2ccccc21. The molecule has 0 spiro atoms. The normalized spacial score (nSPS) is 21.9. The molecular formula is C21H25N3O. The smallest absolute Gasteiger partial charge is 0.180 e. The molecule has 4 heteroatoms. The molecule has 1 atom stereocenters. The molecule has 25 heavy (non-hydrogen) atoms. The molecular weight excluding hydrogens is 310 g/mol. The number of aliphatic imine (C=N–C) groups is 1. The second kappa shape index (κ2) is 6.84. The van der Waals surface area contributed by atoms with Gasteiger partial charge in [-0.1, -0.05) is 38.5 Å². The van der Waals surface area contributed by atoms with E-state index < -0.39 is 5.92 Å². The van der Waals surface area contributed by atoms with Crippen molar-refractivity contribution in [2.24, 2.45) is 10.9 Å². The average Bonchev–Trinajstić information content (AvgIpc) is 2.81. The first kappa shape index (κ1) is 17.4. The number of allylic oxidation sites excluding steroid dienone is 2. The van der Waals surface area contributed by atoms with Crippen molar-refractivity contribution >= 4 is 17.2 Å². The molecule has 0 fully saturated rings. The van der Waals surface area contributed by atoms with Crippen LogP contribution in [0.4, 0.5) is 5.69 Å². The predicted molar refractivity (Wildman–Crippen MR) is 101 cm³/mol. The van der Waals surface area contributed by atoms with Crippen LogP contribution in [0, 0.1) is 17.2 Å². The molecule has 0 saturated carbocycles. The zero-order valence-electron chi connectivity index (χ0n) is 15.2. The van der Waals surface area contributed by atoms with Gasteiger partial charge in [-0.3, -0.25) is 9.79 Å². The van der Waals surface area contributed by atoms with Crippen molar-refractivity contribution in [3.63, 3.8) is 0 Å². The minimum Gasteiger partial charge on any atom is -0.347 e. The van der Waals surface area contributed by atoms with Crippen LogP contribution in [-0.2, 0) is 10.2 Å². The number of anilines is 1. The molecule has 0 saturated heterocycles. The Bertz CT molecular complexity index is 783. The average molecular weight is 335 g/mol. The van der Waals surface area contributed by atoms with Crippen molar-refractivity contribution in [1.29, 1.82) is 5.26 Å². The summed E-state index contributed by atoms with van der Waals surface area (Å²) < 4.78 is 0. The fraction of sp³-hybridized carbons (Fsp3) is 0.476. The van der Waals surface area contributed by atoms with Crippen molar-refractivity contribution in [3.8, 4) is 6.07 Å². The van der Waals surface area contributed by atoms with Crippen LogP contribution in [0.1, 0.15) is 45.1 Å². The molecule has 4 nitrogen and oxygen atoms in total. The minimum atomic E-state index is -0.751. The molecule has 2 heterocycles. The summed E-state index contributed by atoms with van der Waals surface area (Å²) in [4.78, 5) is 19.5. The van der Waals surface area contributed by atoms with E-state index in [1.807, 2.05) is 19.2 Å². The molecule has 0 bridgehead atoms. The molecule has 0 aromatic heterocycles. The molecule has 1 aromatic carbocycles. The number of nitriles is 1. The molecule has 0 aliphatic carbocycles.